The van der Waals surface area contributed by atoms with Gasteiger partial charge in [-0.1, -0.05) is 30.3 Å². The quantitative estimate of drug-likeness (QED) is 0.439. The van der Waals surface area contributed by atoms with Crippen molar-refractivity contribution in [3.8, 4) is 0 Å². The summed E-state index contributed by atoms with van der Waals surface area (Å²) in [6, 6.07) is 11.1. The zero-order chi connectivity index (χ0) is 16.1. The van der Waals surface area contributed by atoms with Crippen molar-refractivity contribution in [2.24, 2.45) is 4.99 Å². The van der Waals surface area contributed by atoms with E-state index in [1.165, 1.54) is 24.9 Å². The molecule has 5 nitrogen and oxygen atoms in total. The summed E-state index contributed by atoms with van der Waals surface area (Å²) in [6.07, 6.45) is 2.86. The van der Waals surface area contributed by atoms with E-state index in [9.17, 15) is 0 Å². The fourth-order valence-electron chi connectivity index (χ4n) is 3.53. The molecule has 2 unspecified atom stereocenters. The second kappa shape index (κ2) is 9.58. The third-order valence-corrected chi connectivity index (χ3v) is 4.79. The summed E-state index contributed by atoms with van der Waals surface area (Å²) in [7, 11) is 3.91. The Morgan fingerprint density at radius 3 is 2.92 bits per heavy atom. The highest BCUT2D eigenvalue weighted by Crippen LogP contribution is 2.22. The molecule has 0 amide bonds. The molecule has 0 bridgehead atoms. The van der Waals surface area contributed by atoms with E-state index >= 15 is 0 Å². The molecule has 2 saturated heterocycles. The van der Waals surface area contributed by atoms with Crippen LogP contribution in [-0.2, 0) is 11.3 Å². The minimum Gasteiger partial charge on any atom is -0.373 e. The number of aliphatic imine (C=N–C) groups is 1. The molecular weight excluding hydrogens is 415 g/mol. The summed E-state index contributed by atoms with van der Waals surface area (Å²) in [5.74, 6) is 0.918. The van der Waals surface area contributed by atoms with Gasteiger partial charge in [-0.25, -0.2) is 0 Å². The number of halogens is 1. The number of hydrogen-bond donors (Lipinski definition) is 1. The fraction of sp³-hybridized carbons (Fsp3) is 0.611. The Morgan fingerprint density at radius 2 is 2.17 bits per heavy atom. The normalized spacial score (nSPS) is 24.2. The van der Waals surface area contributed by atoms with Crippen LogP contribution in [0.2, 0.25) is 0 Å². The Bertz CT molecular complexity index is 525. The lowest BCUT2D eigenvalue weighted by atomic mass is 10.2. The van der Waals surface area contributed by atoms with Gasteiger partial charge in [-0.3, -0.25) is 9.89 Å². The van der Waals surface area contributed by atoms with Gasteiger partial charge in [0.2, 0.25) is 0 Å². The van der Waals surface area contributed by atoms with Crippen LogP contribution in [0.4, 0.5) is 0 Å². The summed E-state index contributed by atoms with van der Waals surface area (Å²) in [5.41, 5.74) is 1.28. The standard InChI is InChI=1S/C18H28N4O.HI/c1-19-18(21(2)12-15-7-4-3-5-8-15)20-11-17-13-22-10-6-9-16(22)14-23-17;/h3-5,7-8,16-17H,6,9-14H2,1-2H3,(H,19,20);1H. The Kier molecular flexibility index (Phi) is 7.77. The van der Waals surface area contributed by atoms with Crippen LogP contribution in [0, 0.1) is 0 Å². The smallest absolute Gasteiger partial charge is 0.193 e. The third-order valence-electron chi connectivity index (χ3n) is 4.79. The number of rotatable bonds is 4. The number of nitrogens with one attached hydrogen (secondary N) is 1. The highest BCUT2D eigenvalue weighted by molar-refractivity contribution is 14.0. The molecule has 6 heteroatoms. The van der Waals surface area contributed by atoms with Gasteiger partial charge in [0.15, 0.2) is 5.96 Å². The van der Waals surface area contributed by atoms with E-state index in [4.69, 9.17) is 4.74 Å². The average molecular weight is 444 g/mol. The van der Waals surface area contributed by atoms with Gasteiger partial charge in [-0.2, -0.15) is 0 Å². The van der Waals surface area contributed by atoms with Gasteiger partial charge in [-0.15, -0.1) is 24.0 Å². The molecule has 0 saturated carbocycles. The van der Waals surface area contributed by atoms with E-state index in [-0.39, 0.29) is 30.1 Å². The Morgan fingerprint density at radius 1 is 1.38 bits per heavy atom. The van der Waals surface area contributed by atoms with Crippen molar-refractivity contribution in [2.45, 2.75) is 31.5 Å². The van der Waals surface area contributed by atoms with Crippen molar-refractivity contribution >= 4 is 29.9 Å². The number of fused-ring (bicyclic) bond motifs is 1. The molecule has 2 heterocycles. The first-order chi connectivity index (χ1) is 11.3. The molecule has 0 spiro atoms. The first-order valence-electron chi connectivity index (χ1n) is 8.57. The van der Waals surface area contributed by atoms with Crippen LogP contribution >= 0.6 is 24.0 Å². The van der Waals surface area contributed by atoms with E-state index in [1.807, 2.05) is 13.1 Å². The summed E-state index contributed by atoms with van der Waals surface area (Å²) < 4.78 is 6.01. The topological polar surface area (TPSA) is 40.1 Å². The summed E-state index contributed by atoms with van der Waals surface area (Å²) >= 11 is 0. The molecule has 134 valence electrons. The molecule has 3 rings (SSSR count). The van der Waals surface area contributed by atoms with Crippen LogP contribution in [-0.4, -0.2) is 68.2 Å². The second-order valence-corrected chi connectivity index (χ2v) is 6.52. The zero-order valence-corrected chi connectivity index (χ0v) is 17.0. The van der Waals surface area contributed by atoms with Gasteiger partial charge < -0.3 is 15.0 Å². The Balaban J connectivity index is 0.00000208. The molecule has 2 atom stereocenters. The highest BCUT2D eigenvalue weighted by atomic mass is 127. The van der Waals surface area contributed by atoms with Crippen LogP contribution in [0.1, 0.15) is 18.4 Å². The molecule has 24 heavy (non-hydrogen) atoms. The third kappa shape index (κ3) is 5.07. The molecule has 1 N–H and O–H groups in total. The lowest BCUT2D eigenvalue weighted by molar-refractivity contribution is -0.0454. The number of morpholine rings is 1. The number of ether oxygens (including phenoxy) is 1. The van der Waals surface area contributed by atoms with Gasteiger partial charge in [0, 0.05) is 39.8 Å². The van der Waals surface area contributed by atoms with Crippen LogP contribution in [0.3, 0.4) is 0 Å². The second-order valence-electron chi connectivity index (χ2n) is 6.52. The van der Waals surface area contributed by atoms with E-state index < -0.39 is 0 Å². The van der Waals surface area contributed by atoms with Crippen LogP contribution in [0.5, 0.6) is 0 Å². The van der Waals surface area contributed by atoms with Crippen LogP contribution < -0.4 is 5.32 Å². The van der Waals surface area contributed by atoms with Crippen LogP contribution in [0.15, 0.2) is 35.3 Å². The first kappa shape index (κ1) is 19.5. The molecule has 2 aliphatic rings. The fourth-order valence-corrected chi connectivity index (χ4v) is 3.53. The van der Waals surface area contributed by atoms with E-state index in [2.05, 4.69) is 51.4 Å². The van der Waals surface area contributed by atoms with Crippen molar-refractivity contribution in [1.82, 2.24) is 15.1 Å². The van der Waals surface area contributed by atoms with Crippen molar-refractivity contribution in [3.63, 3.8) is 0 Å². The molecule has 2 fully saturated rings. The predicted molar refractivity (Wildman–Crippen MR) is 109 cm³/mol. The van der Waals surface area contributed by atoms with Gasteiger partial charge in [0.25, 0.3) is 0 Å². The summed E-state index contributed by atoms with van der Waals surface area (Å²) in [6.45, 7) is 4.81. The number of nitrogens with zero attached hydrogens (tertiary/aromatic N) is 3. The number of hydrogen-bond acceptors (Lipinski definition) is 3. The molecule has 0 radical (unpaired) electrons. The first-order valence-corrected chi connectivity index (χ1v) is 8.57. The van der Waals surface area contributed by atoms with Gasteiger partial charge in [0.05, 0.1) is 12.7 Å². The maximum Gasteiger partial charge on any atom is 0.193 e. The summed E-state index contributed by atoms with van der Waals surface area (Å²) in [5, 5.41) is 3.46. The largest absolute Gasteiger partial charge is 0.373 e. The number of guanidine groups is 1. The zero-order valence-electron chi connectivity index (χ0n) is 14.6. The van der Waals surface area contributed by atoms with E-state index in [1.54, 1.807) is 0 Å². The Hall–Kier alpha value is -0.860. The van der Waals surface area contributed by atoms with E-state index in [0.717, 1.165) is 32.2 Å². The van der Waals surface area contributed by atoms with Crippen molar-refractivity contribution in [3.05, 3.63) is 35.9 Å². The number of benzene rings is 1. The maximum atomic E-state index is 6.01. The lowest BCUT2D eigenvalue weighted by Gasteiger charge is -2.35. The van der Waals surface area contributed by atoms with Crippen molar-refractivity contribution in [1.29, 1.82) is 0 Å². The van der Waals surface area contributed by atoms with Crippen molar-refractivity contribution in [2.75, 3.05) is 40.3 Å². The summed E-state index contributed by atoms with van der Waals surface area (Å²) in [4.78, 5) is 9.12. The monoisotopic (exact) mass is 444 g/mol. The van der Waals surface area contributed by atoms with E-state index in [0.29, 0.717) is 6.04 Å². The average Bonchev–Trinajstić information content (AvgIpc) is 3.04. The van der Waals surface area contributed by atoms with Crippen molar-refractivity contribution < 1.29 is 4.74 Å². The Labute approximate surface area is 162 Å². The molecule has 0 aromatic heterocycles. The molecule has 2 aliphatic heterocycles. The molecule has 0 aliphatic carbocycles. The minimum absolute atomic E-state index is 0. The van der Waals surface area contributed by atoms with Gasteiger partial charge in [0.1, 0.15) is 0 Å². The lowest BCUT2D eigenvalue weighted by Crippen LogP contribution is -2.51. The SMILES string of the molecule is CN=C(NCC1CN2CCCC2CO1)N(C)Cc1ccccc1.I. The molecule has 1 aromatic rings. The van der Waals surface area contributed by atoms with Gasteiger partial charge in [-0.05, 0) is 24.9 Å². The van der Waals surface area contributed by atoms with Crippen LogP contribution in [0.25, 0.3) is 0 Å². The highest BCUT2D eigenvalue weighted by Gasteiger charge is 2.32. The molecular formula is C18H29IN4O. The predicted octanol–water partition coefficient (Wildman–Crippen LogP) is 2.18. The maximum absolute atomic E-state index is 6.01. The minimum atomic E-state index is 0. The molecule has 1 aromatic carbocycles. The van der Waals surface area contributed by atoms with Gasteiger partial charge >= 0.3 is 0 Å².